The second kappa shape index (κ2) is 32.5. The van der Waals surface area contributed by atoms with Crippen molar-refractivity contribution in [3.8, 4) is 0 Å². The maximum atomic E-state index is 12.8. The summed E-state index contributed by atoms with van der Waals surface area (Å²) in [6, 6.07) is 1.25. The van der Waals surface area contributed by atoms with E-state index in [-0.39, 0.29) is 18.7 Å². The largest absolute Gasteiger partial charge is 0.481 e. The molecule has 1 aliphatic heterocycles. The van der Waals surface area contributed by atoms with Crippen LogP contribution in [0.5, 0.6) is 0 Å². The molecule has 0 amide bonds. The van der Waals surface area contributed by atoms with E-state index in [0.29, 0.717) is 12.8 Å². The number of phosphoric ester groups is 2. The molecule has 1 aromatic heterocycles. The van der Waals surface area contributed by atoms with Crippen molar-refractivity contribution < 1.29 is 66.3 Å². The zero-order chi connectivity index (χ0) is 47.4. The summed E-state index contributed by atoms with van der Waals surface area (Å²) in [6.07, 6.45) is 17.9. The lowest BCUT2D eigenvalue weighted by Gasteiger charge is -2.21. The fourth-order valence-electron chi connectivity index (χ4n) is 7.30. The molecular weight excluding hydrogens is 872 g/mol. The molecule has 0 saturated carbocycles. The normalized spacial score (nSPS) is 20.5. The number of aliphatic hydroxyl groups excluding tert-OH is 2. The quantitative estimate of drug-likeness (QED) is 0.0235. The highest BCUT2D eigenvalue weighted by Crippen LogP contribution is 2.60. The lowest BCUT2D eigenvalue weighted by molar-refractivity contribution is -0.161. The van der Waals surface area contributed by atoms with Gasteiger partial charge in [0.25, 0.3) is 0 Å². The van der Waals surface area contributed by atoms with Gasteiger partial charge in [-0.15, -0.1) is 0 Å². The second-order valence-electron chi connectivity index (χ2n) is 17.7. The van der Waals surface area contributed by atoms with Gasteiger partial charge in [0, 0.05) is 19.0 Å². The van der Waals surface area contributed by atoms with Crippen LogP contribution in [0.3, 0.4) is 0 Å². The van der Waals surface area contributed by atoms with Crippen LogP contribution in [0.4, 0.5) is 5.82 Å². The first-order valence-corrected chi connectivity index (χ1v) is 26.8. The molecule has 2 heterocycles. The van der Waals surface area contributed by atoms with E-state index in [1.165, 1.54) is 89.3 Å². The second-order valence-corrected chi connectivity index (χ2v) is 20.7. The number of ether oxygens (including phenoxy) is 3. The van der Waals surface area contributed by atoms with Crippen molar-refractivity contribution in [3.05, 3.63) is 22.7 Å². The number of carbonyl (C=O) groups excluding carboxylic acids is 2. The van der Waals surface area contributed by atoms with Gasteiger partial charge in [-0.25, -0.2) is 13.9 Å². The third-order valence-electron chi connectivity index (χ3n) is 11.4. The number of nitrogens with two attached hydrogens (primary N) is 1. The van der Waals surface area contributed by atoms with Crippen LogP contribution in [0.1, 0.15) is 188 Å². The Balaban J connectivity index is 1.82. The number of carbonyl (C=O) groups is 2. The molecule has 1 aliphatic rings. The van der Waals surface area contributed by atoms with Gasteiger partial charge in [0.2, 0.25) is 0 Å². The van der Waals surface area contributed by atoms with Crippen LogP contribution in [0, 0.1) is 11.8 Å². The Morgan fingerprint density at radius 2 is 1.25 bits per heavy atom. The predicted molar refractivity (Wildman–Crippen MR) is 243 cm³/mol. The van der Waals surface area contributed by atoms with Crippen LogP contribution >= 0.6 is 15.6 Å². The minimum absolute atomic E-state index is 0.0543. The summed E-state index contributed by atoms with van der Waals surface area (Å²) in [5, 5.41) is 20.9. The highest BCUT2D eigenvalue weighted by molar-refractivity contribution is 7.61. The molecule has 8 atom stereocenters. The molecule has 2 rings (SSSR count). The first-order chi connectivity index (χ1) is 30.4. The lowest BCUT2D eigenvalue weighted by atomic mass is 9.99. The van der Waals surface area contributed by atoms with Gasteiger partial charge in [-0.05, 0) is 30.7 Å². The molecule has 0 bridgehead atoms. The smallest absolute Gasteiger partial charge is 0.462 e. The Hall–Kier alpha value is -2.24. The average Bonchev–Trinajstić information content (AvgIpc) is 3.51. The van der Waals surface area contributed by atoms with Gasteiger partial charge in [-0.2, -0.15) is 9.29 Å². The van der Waals surface area contributed by atoms with Gasteiger partial charge in [0.1, 0.15) is 30.7 Å². The number of hydrogen-bond acceptors (Lipinski definition) is 15. The van der Waals surface area contributed by atoms with Gasteiger partial charge < -0.3 is 39.9 Å². The van der Waals surface area contributed by atoms with Gasteiger partial charge >= 0.3 is 33.3 Å². The van der Waals surface area contributed by atoms with Crippen molar-refractivity contribution in [2.24, 2.45) is 11.8 Å². The molecule has 0 aromatic carbocycles. The molecule has 0 aliphatic carbocycles. The molecule has 0 spiro atoms. The third kappa shape index (κ3) is 26.2. The average molecular weight is 954 g/mol. The summed E-state index contributed by atoms with van der Waals surface area (Å²) in [4.78, 5) is 61.7. The van der Waals surface area contributed by atoms with Crippen LogP contribution in [0.25, 0.3) is 0 Å². The van der Waals surface area contributed by atoms with Crippen molar-refractivity contribution >= 4 is 33.4 Å². The van der Waals surface area contributed by atoms with Crippen LogP contribution in [-0.4, -0.2) is 85.7 Å². The van der Waals surface area contributed by atoms with Crippen molar-refractivity contribution in [2.45, 2.75) is 212 Å². The SMILES string of the molecule is CCC(C)CCCCCCCCCCC(=O)O[C@H](COC(=O)CCCCCCCCCCCCCC(C)C)COP(=O)(O)OP(=O)(O)OC[C@H]1O[C@@H](n2ccc(N)nc2=O)C(O)[C@H]1O. The van der Waals surface area contributed by atoms with E-state index in [1.54, 1.807) is 0 Å². The summed E-state index contributed by atoms with van der Waals surface area (Å²) in [7, 11) is -10.8. The number of hydrogen-bond donors (Lipinski definition) is 5. The van der Waals surface area contributed by atoms with Gasteiger partial charge in [-0.3, -0.25) is 23.2 Å². The monoisotopic (exact) mass is 954 g/mol. The summed E-state index contributed by atoms with van der Waals surface area (Å²) in [5.74, 6) is 0.247. The first kappa shape index (κ1) is 57.9. The van der Waals surface area contributed by atoms with E-state index in [9.17, 15) is 43.5 Å². The Labute approximate surface area is 380 Å². The molecule has 1 aromatic rings. The Bertz CT molecular complexity index is 1600. The third-order valence-corrected chi connectivity index (χ3v) is 14.0. The van der Waals surface area contributed by atoms with Gasteiger partial charge in [0.05, 0.1) is 13.2 Å². The summed E-state index contributed by atoms with van der Waals surface area (Å²) in [6.45, 7) is 6.73. The topological polar surface area (TPSA) is 265 Å². The molecule has 64 heavy (non-hydrogen) atoms. The number of nitrogen functional groups attached to an aromatic ring is 1. The van der Waals surface area contributed by atoms with E-state index in [4.69, 9.17) is 29.0 Å². The zero-order valence-corrected chi connectivity index (χ0v) is 40.7. The Morgan fingerprint density at radius 3 is 1.78 bits per heavy atom. The maximum absolute atomic E-state index is 12.8. The van der Waals surface area contributed by atoms with Crippen molar-refractivity contribution in [3.63, 3.8) is 0 Å². The molecule has 6 N–H and O–H groups in total. The number of nitrogens with zero attached hydrogens (tertiary/aromatic N) is 2. The minimum atomic E-state index is -5.41. The fraction of sp³-hybridized carbons (Fsp3) is 0.864. The van der Waals surface area contributed by atoms with E-state index in [1.807, 2.05) is 0 Å². The van der Waals surface area contributed by atoms with E-state index < -0.39 is 83.7 Å². The number of rotatable bonds is 38. The number of phosphoric acid groups is 2. The fourth-order valence-corrected chi connectivity index (χ4v) is 9.41. The van der Waals surface area contributed by atoms with Gasteiger partial charge in [0.15, 0.2) is 12.3 Å². The summed E-state index contributed by atoms with van der Waals surface area (Å²) < 4.78 is 56.7. The minimum Gasteiger partial charge on any atom is -0.462 e. The number of aliphatic hydroxyl groups is 2. The number of aromatic nitrogens is 2. The van der Waals surface area contributed by atoms with Crippen molar-refractivity contribution in [1.29, 1.82) is 0 Å². The Kier molecular flexibility index (Phi) is 29.4. The summed E-state index contributed by atoms with van der Waals surface area (Å²) >= 11 is 0. The molecule has 372 valence electrons. The standard InChI is InChI=1S/C44H81N3O15P2/c1-5-35(4)26-22-18-14-11-12-16-20-24-28-40(49)60-36(31-57-39(48)27-23-19-15-10-8-6-7-9-13-17-21-25-34(2)3)32-58-63(53,54)62-64(55,56)59-33-37-41(50)42(51)43(61-37)47-30-29-38(45)46-44(47)52/h29-30,34-37,41-43,50-51H,5-28,31-33H2,1-4H3,(H,53,54)(H,55,56)(H2,45,46,52)/t35?,36-,37-,41+,42?,43-/m1/s1. The molecule has 20 heteroatoms. The van der Waals surface area contributed by atoms with E-state index >= 15 is 0 Å². The van der Waals surface area contributed by atoms with Crippen LogP contribution in [-0.2, 0) is 46.3 Å². The molecule has 4 unspecified atom stereocenters. The zero-order valence-electron chi connectivity index (χ0n) is 38.9. The molecule has 1 fully saturated rings. The maximum Gasteiger partial charge on any atom is 0.481 e. The predicted octanol–water partition coefficient (Wildman–Crippen LogP) is 8.82. The number of esters is 2. The van der Waals surface area contributed by atoms with Gasteiger partial charge in [-0.1, -0.05) is 156 Å². The lowest BCUT2D eigenvalue weighted by Crippen LogP contribution is -2.36. The van der Waals surface area contributed by atoms with E-state index in [0.717, 1.165) is 67.8 Å². The van der Waals surface area contributed by atoms with Crippen molar-refractivity contribution in [2.75, 3.05) is 25.6 Å². The summed E-state index contributed by atoms with van der Waals surface area (Å²) in [5.41, 5.74) is 4.58. The highest BCUT2D eigenvalue weighted by Gasteiger charge is 2.46. The van der Waals surface area contributed by atoms with Crippen LogP contribution in [0.15, 0.2) is 17.1 Å². The molecule has 1 saturated heterocycles. The molecular formula is C44H81N3O15P2. The van der Waals surface area contributed by atoms with Crippen molar-refractivity contribution in [1.82, 2.24) is 9.55 Å². The molecule has 0 radical (unpaired) electrons. The molecule has 18 nitrogen and oxygen atoms in total. The Morgan fingerprint density at radius 1 is 0.750 bits per heavy atom. The van der Waals surface area contributed by atoms with E-state index in [2.05, 4.69) is 37.0 Å². The first-order valence-electron chi connectivity index (χ1n) is 23.8. The number of anilines is 1. The van der Waals surface area contributed by atoms with Crippen LogP contribution in [0.2, 0.25) is 0 Å². The number of unbranched alkanes of at least 4 members (excludes halogenated alkanes) is 17. The van der Waals surface area contributed by atoms with Crippen LogP contribution < -0.4 is 11.4 Å². The highest BCUT2D eigenvalue weighted by atomic mass is 31.3.